The van der Waals surface area contributed by atoms with Gasteiger partial charge in [0.25, 0.3) is 0 Å². The van der Waals surface area contributed by atoms with Gasteiger partial charge < -0.3 is 30.0 Å². The van der Waals surface area contributed by atoms with E-state index in [4.69, 9.17) is 14.2 Å². The number of carboxylic acid groups (broad SMARTS) is 1. The van der Waals surface area contributed by atoms with E-state index < -0.39 is 11.4 Å². The number of benzene rings is 4. The van der Waals surface area contributed by atoms with Gasteiger partial charge in [-0.1, -0.05) is 74.5 Å². The Morgan fingerprint density at radius 3 is 1.24 bits per heavy atom. The largest absolute Gasteiger partial charge is 0.481 e. The minimum atomic E-state index is -0.584. The van der Waals surface area contributed by atoms with Crippen molar-refractivity contribution in [3.63, 3.8) is 0 Å². The molecule has 0 radical (unpaired) electrons. The Morgan fingerprint density at radius 1 is 0.508 bits per heavy atom. The maximum atomic E-state index is 12.2. The molecule has 0 atom stereocenters. The lowest BCUT2D eigenvalue weighted by Crippen LogP contribution is -2.56. The Bertz CT molecular complexity index is 2080. The number of carbonyl (C=O) groups is 2. The van der Waals surface area contributed by atoms with Gasteiger partial charge in [-0.3, -0.25) is 9.59 Å². The van der Waals surface area contributed by atoms with E-state index in [2.05, 4.69) is 97.3 Å². The van der Waals surface area contributed by atoms with E-state index in [9.17, 15) is 14.7 Å². The number of carboxylic acids is 1. The second kappa shape index (κ2) is 21.9. The first-order chi connectivity index (χ1) is 30.6. The zero-order chi connectivity index (χ0) is 44.2. The quantitative estimate of drug-likeness (QED) is 0.0530. The van der Waals surface area contributed by atoms with E-state index in [1.165, 1.54) is 63.8 Å². The van der Waals surface area contributed by atoms with Crippen molar-refractivity contribution in [1.29, 1.82) is 0 Å². The number of methoxy groups -OCH3 is 1. The Labute approximate surface area is 377 Å². The van der Waals surface area contributed by atoms with Gasteiger partial charge in [0.1, 0.15) is 0 Å². The third-order valence-corrected chi connectivity index (χ3v) is 15.5. The summed E-state index contributed by atoms with van der Waals surface area (Å²) in [6, 6.07) is 27.4. The van der Waals surface area contributed by atoms with Crippen LogP contribution in [0.1, 0.15) is 152 Å². The van der Waals surface area contributed by atoms with E-state index in [0.717, 1.165) is 155 Å². The molecule has 0 heterocycles. The van der Waals surface area contributed by atoms with Crippen molar-refractivity contribution < 1.29 is 28.9 Å². The lowest BCUT2D eigenvalue weighted by molar-refractivity contribution is -0.160. The van der Waals surface area contributed by atoms with Crippen molar-refractivity contribution in [3.05, 3.63) is 95.1 Å². The third kappa shape index (κ3) is 11.9. The topological polar surface area (TPSA) is 106 Å². The molecule has 6 aliphatic carbocycles. The van der Waals surface area contributed by atoms with Crippen LogP contribution in [0.25, 0.3) is 21.5 Å². The van der Waals surface area contributed by atoms with E-state index in [0.29, 0.717) is 0 Å². The molecule has 0 saturated heterocycles. The molecule has 3 N–H and O–H groups in total. The molecule has 0 aromatic heterocycles. The summed E-state index contributed by atoms with van der Waals surface area (Å²) in [5.74, 6) is -0.580. The molecule has 10 rings (SSSR count). The molecule has 4 bridgehead atoms. The first kappa shape index (κ1) is 47.2. The normalized spacial score (nSPS) is 24.9. The van der Waals surface area contributed by atoms with Crippen LogP contribution in [0.5, 0.6) is 0 Å². The fourth-order valence-electron chi connectivity index (χ4n) is 11.1. The molecular weight excluding hydrogens is 785 g/mol. The van der Waals surface area contributed by atoms with Crippen LogP contribution in [-0.2, 0) is 49.7 Å². The monoisotopic (exact) mass is 861 g/mol. The SMILES string of the molecule is CCCOCCCCc1ccc2cc(CNC34CCC(C(=O)O)(CC3)CC4)ccc2c1.CCCOCCCCc1ccc2cc(CNC34CCC(C(=O)OC)(CC3)CC4)ccc2c1. The summed E-state index contributed by atoms with van der Waals surface area (Å²) in [6.45, 7) is 9.54. The molecule has 6 aliphatic rings. The minimum absolute atomic E-state index is 0.00419. The van der Waals surface area contributed by atoms with Crippen molar-refractivity contribution >= 4 is 33.5 Å². The standard InChI is InChI=1S/C28H39NO3.C27H37NO3/c1-3-17-32-18-5-4-6-22-7-9-25-20-23(8-10-24(25)19-22)21-29-28-14-11-27(12-15-28,13-16-28)26(30)31-2;1-2-16-31-17-4-3-5-21-6-8-24-19-22(7-9-23(24)18-21)20-28-27-13-10-26(11-14-27,12-15-27)25(29)30/h7-10,19-20,29H,3-6,11-18,21H2,1-2H3;6-9,18-19,28H,2-5,10-17,20H2,1H3,(H,29,30). The maximum Gasteiger partial charge on any atom is 0.311 e. The van der Waals surface area contributed by atoms with Crippen LogP contribution in [0.4, 0.5) is 0 Å². The van der Waals surface area contributed by atoms with Crippen molar-refractivity contribution in [2.45, 2.75) is 166 Å². The molecule has 8 heteroatoms. The van der Waals surface area contributed by atoms with Crippen LogP contribution >= 0.6 is 0 Å². The summed E-state index contributed by atoms with van der Waals surface area (Å²) in [5, 5.41) is 22.5. The van der Waals surface area contributed by atoms with Gasteiger partial charge in [0.15, 0.2) is 0 Å². The van der Waals surface area contributed by atoms with Crippen molar-refractivity contribution in [1.82, 2.24) is 10.6 Å². The Morgan fingerprint density at radius 2 is 0.873 bits per heavy atom. The maximum absolute atomic E-state index is 12.2. The number of hydrogen-bond acceptors (Lipinski definition) is 7. The Hall–Kier alpha value is -3.82. The molecule has 6 saturated carbocycles. The molecule has 8 nitrogen and oxygen atoms in total. The molecule has 63 heavy (non-hydrogen) atoms. The van der Waals surface area contributed by atoms with E-state index >= 15 is 0 Å². The zero-order valence-corrected chi connectivity index (χ0v) is 38.8. The van der Waals surface area contributed by atoms with Crippen LogP contribution in [0.2, 0.25) is 0 Å². The summed E-state index contributed by atoms with van der Waals surface area (Å²) in [5.41, 5.74) is 5.14. The highest BCUT2D eigenvalue weighted by Crippen LogP contribution is 2.54. The number of fused-ring (bicyclic) bond motifs is 8. The number of hydrogen-bond donors (Lipinski definition) is 3. The molecule has 0 spiro atoms. The summed E-state index contributed by atoms with van der Waals surface area (Å²) in [7, 11) is 1.53. The minimum Gasteiger partial charge on any atom is -0.481 e. The van der Waals surface area contributed by atoms with Crippen LogP contribution < -0.4 is 10.6 Å². The second-order valence-electron chi connectivity index (χ2n) is 19.8. The molecule has 0 aliphatic heterocycles. The lowest BCUT2D eigenvalue weighted by Gasteiger charge is -2.52. The van der Waals surface area contributed by atoms with E-state index in [-0.39, 0.29) is 22.5 Å². The number of aryl methyl sites for hydroxylation is 2. The Kier molecular flexibility index (Phi) is 16.4. The van der Waals surface area contributed by atoms with Gasteiger partial charge in [-0.15, -0.1) is 0 Å². The van der Waals surface area contributed by atoms with Gasteiger partial charge >= 0.3 is 11.9 Å². The molecular formula is C55H76N2O6. The van der Waals surface area contributed by atoms with Gasteiger partial charge in [0.05, 0.1) is 17.9 Å². The highest BCUT2D eigenvalue weighted by atomic mass is 16.5. The van der Waals surface area contributed by atoms with Crippen molar-refractivity contribution in [3.8, 4) is 0 Å². The predicted octanol–water partition coefficient (Wildman–Crippen LogP) is 11.8. The van der Waals surface area contributed by atoms with Gasteiger partial charge in [-0.2, -0.15) is 0 Å². The second-order valence-corrected chi connectivity index (χ2v) is 19.8. The highest BCUT2D eigenvalue weighted by molar-refractivity contribution is 5.84. The number of aliphatic carboxylic acids is 1. The van der Waals surface area contributed by atoms with Crippen LogP contribution in [0.15, 0.2) is 72.8 Å². The van der Waals surface area contributed by atoms with Gasteiger partial charge in [0, 0.05) is 50.6 Å². The van der Waals surface area contributed by atoms with Gasteiger partial charge in [-0.25, -0.2) is 0 Å². The number of nitrogens with one attached hydrogen (secondary N) is 2. The first-order valence-electron chi connectivity index (χ1n) is 24.6. The number of ether oxygens (including phenoxy) is 3. The number of unbranched alkanes of at least 4 members (excludes halogenated alkanes) is 2. The molecule has 342 valence electrons. The highest BCUT2D eigenvalue weighted by Gasteiger charge is 2.53. The molecule has 4 aromatic rings. The number of carbonyl (C=O) groups excluding carboxylic acids is 1. The van der Waals surface area contributed by atoms with Crippen LogP contribution in [0, 0.1) is 10.8 Å². The van der Waals surface area contributed by atoms with Crippen molar-refractivity contribution in [2.24, 2.45) is 10.8 Å². The average Bonchev–Trinajstić information content (AvgIpc) is 3.33. The predicted molar refractivity (Wildman–Crippen MR) is 255 cm³/mol. The first-order valence-corrected chi connectivity index (χ1v) is 24.6. The van der Waals surface area contributed by atoms with Crippen molar-refractivity contribution in [2.75, 3.05) is 33.5 Å². The molecule has 6 fully saturated rings. The van der Waals surface area contributed by atoms with Crippen LogP contribution in [0.3, 0.4) is 0 Å². The molecule has 0 amide bonds. The number of esters is 1. The van der Waals surface area contributed by atoms with Crippen LogP contribution in [-0.4, -0.2) is 61.7 Å². The average molecular weight is 861 g/mol. The smallest absolute Gasteiger partial charge is 0.311 e. The fraction of sp³-hybridized carbons (Fsp3) is 0.600. The van der Waals surface area contributed by atoms with E-state index in [1.54, 1.807) is 0 Å². The van der Waals surface area contributed by atoms with Gasteiger partial charge in [-0.05, 0) is 184 Å². The summed E-state index contributed by atoms with van der Waals surface area (Å²) < 4.78 is 16.3. The molecule has 4 aromatic carbocycles. The fourth-order valence-corrected chi connectivity index (χ4v) is 11.1. The summed E-state index contributed by atoms with van der Waals surface area (Å²) in [4.78, 5) is 23.9. The summed E-state index contributed by atoms with van der Waals surface area (Å²) >= 11 is 0. The Balaban J connectivity index is 0.000000189. The number of rotatable bonds is 22. The lowest BCUT2D eigenvalue weighted by atomic mass is 9.57. The summed E-state index contributed by atoms with van der Waals surface area (Å²) in [6.07, 6.45) is 20.5. The van der Waals surface area contributed by atoms with Gasteiger partial charge in [0.2, 0.25) is 0 Å². The third-order valence-electron chi connectivity index (χ3n) is 15.5. The molecule has 0 unspecified atom stereocenters. The zero-order valence-electron chi connectivity index (χ0n) is 38.8. The van der Waals surface area contributed by atoms with E-state index in [1.807, 2.05) is 0 Å².